The van der Waals surface area contributed by atoms with Crippen LogP contribution in [0.4, 0.5) is 0 Å². The fourth-order valence-corrected chi connectivity index (χ4v) is 2.65. The van der Waals surface area contributed by atoms with Crippen molar-refractivity contribution in [3.8, 4) is 5.75 Å². The Kier molecular flexibility index (Phi) is 6.05. The van der Waals surface area contributed by atoms with Gasteiger partial charge in [0.2, 0.25) is 0 Å². The minimum atomic E-state index is -0.746. The van der Waals surface area contributed by atoms with Gasteiger partial charge >= 0.3 is 5.97 Å². The van der Waals surface area contributed by atoms with Gasteiger partial charge in [0.15, 0.2) is 0 Å². The zero-order chi connectivity index (χ0) is 13.5. The van der Waals surface area contributed by atoms with E-state index in [1.807, 2.05) is 0 Å². The molecule has 0 unspecified atom stereocenters. The lowest BCUT2D eigenvalue weighted by Crippen LogP contribution is -1.99. The summed E-state index contributed by atoms with van der Waals surface area (Å²) in [6, 6.07) is 4.20. The maximum atomic E-state index is 10.5. The Labute approximate surface area is 113 Å². The number of thioether (sulfide) groups is 1. The van der Waals surface area contributed by atoms with E-state index in [0.29, 0.717) is 6.42 Å². The Balaban J connectivity index is 2.91. The molecule has 1 N–H and O–H groups in total. The highest BCUT2D eigenvalue weighted by atomic mass is 32.2. The van der Waals surface area contributed by atoms with E-state index >= 15 is 0 Å². The fraction of sp³-hybridized carbons (Fsp3) is 0.500. The number of hydrogen-bond donors (Lipinski definition) is 1. The number of benzene rings is 1. The largest absolute Gasteiger partial charge is 0.496 e. The number of ether oxygens (including phenoxy) is 1. The Hall–Kier alpha value is -1.16. The highest BCUT2D eigenvalue weighted by molar-refractivity contribution is 7.98. The summed E-state index contributed by atoms with van der Waals surface area (Å²) in [6.07, 6.45) is 4.62. The quantitative estimate of drug-likeness (QED) is 0.770. The van der Waals surface area contributed by atoms with Crippen LogP contribution in [0.25, 0.3) is 0 Å². The number of carboxylic acid groups (broad SMARTS) is 1. The molecule has 18 heavy (non-hydrogen) atoms. The lowest BCUT2D eigenvalue weighted by Gasteiger charge is -2.13. The molecule has 0 fully saturated rings. The summed E-state index contributed by atoms with van der Waals surface area (Å²) in [5.74, 6) is 0.124. The Morgan fingerprint density at radius 1 is 1.39 bits per heavy atom. The number of aliphatic carboxylic acids is 1. The van der Waals surface area contributed by atoms with Crippen molar-refractivity contribution in [3.05, 3.63) is 23.3 Å². The van der Waals surface area contributed by atoms with Crippen LogP contribution in [0.5, 0.6) is 5.75 Å². The van der Waals surface area contributed by atoms with Crippen LogP contribution in [0, 0.1) is 0 Å². The van der Waals surface area contributed by atoms with E-state index in [-0.39, 0.29) is 6.42 Å². The molecule has 0 aliphatic carbocycles. The van der Waals surface area contributed by atoms with E-state index in [2.05, 4.69) is 25.3 Å². The summed E-state index contributed by atoms with van der Waals surface area (Å²) in [5, 5.41) is 8.67. The van der Waals surface area contributed by atoms with Crippen molar-refractivity contribution in [2.75, 3.05) is 13.4 Å². The highest BCUT2D eigenvalue weighted by Crippen LogP contribution is 2.30. The van der Waals surface area contributed by atoms with E-state index in [1.54, 1.807) is 18.9 Å². The first-order chi connectivity index (χ1) is 8.62. The van der Waals surface area contributed by atoms with Crippen LogP contribution in [0.1, 0.15) is 30.9 Å². The lowest BCUT2D eigenvalue weighted by atomic mass is 10.0. The number of methoxy groups -OCH3 is 1. The predicted molar refractivity (Wildman–Crippen MR) is 74.7 cm³/mol. The first kappa shape index (κ1) is 14.9. The molecule has 1 aromatic carbocycles. The van der Waals surface area contributed by atoms with Gasteiger partial charge in [-0.05, 0) is 48.8 Å². The standard InChI is InChI=1S/C14H20O3S/c1-4-10-8-12(17-2)11(9-13(10)18-3)6-5-7-14(15)16/h8-9H,4-7H2,1-3H3,(H,15,16). The van der Waals surface area contributed by atoms with Gasteiger partial charge in [-0.3, -0.25) is 4.79 Å². The summed E-state index contributed by atoms with van der Waals surface area (Å²) in [7, 11) is 1.66. The van der Waals surface area contributed by atoms with Crippen molar-refractivity contribution in [2.24, 2.45) is 0 Å². The minimum absolute atomic E-state index is 0.202. The molecule has 100 valence electrons. The van der Waals surface area contributed by atoms with Crippen LogP contribution < -0.4 is 4.74 Å². The molecule has 0 heterocycles. The molecule has 0 bridgehead atoms. The molecule has 0 saturated heterocycles. The van der Waals surface area contributed by atoms with Gasteiger partial charge < -0.3 is 9.84 Å². The van der Waals surface area contributed by atoms with Crippen LogP contribution in [0.15, 0.2) is 17.0 Å². The third-order valence-electron chi connectivity index (χ3n) is 2.90. The van der Waals surface area contributed by atoms with Gasteiger partial charge in [-0.2, -0.15) is 0 Å². The lowest BCUT2D eigenvalue weighted by molar-refractivity contribution is -0.137. The molecule has 1 rings (SSSR count). The van der Waals surface area contributed by atoms with Gasteiger partial charge in [0.05, 0.1) is 7.11 Å². The van der Waals surface area contributed by atoms with Gasteiger partial charge in [0, 0.05) is 11.3 Å². The molecular weight excluding hydrogens is 248 g/mol. The van der Waals surface area contributed by atoms with E-state index in [9.17, 15) is 4.79 Å². The summed E-state index contributed by atoms with van der Waals surface area (Å²) in [5.41, 5.74) is 2.38. The number of aryl methyl sites for hydroxylation is 2. The van der Waals surface area contributed by atoms with E-state index in [4.69, 9.17) is 9.84 Å². The zero-order valence-electron chi connectivity index (χ0n) is 11.2. The molecular formula is C14H20O3S. The van der Waals surface area contributed by atoms with Gasteiger partial charge in [0.1, 0.15) is 5.75 Å². The third kappa shape index (κ3) is 3.95. The number of rotatable bonds is 7. The number of hydrogen-bond acceptors (Lipinski definition) is 3. The first-order valence-electron chi connectivity index (χ1n) is 6.07. The van der Waals surface area contributed by atoms with E-state index in [1.165, 1.54) is 10.5 Å². The number of carbonyl (C=O) groups is 1. The number of carboxylic acids is 1. The molecule has 1 aromatic rings. The van der Waals surface area contributed by atoms with Gasteiger partial charge in [-0.1, -0.05) is 6.92 Å². The third-order valence-corrected chi connectivity index (χ3v) is 3.72. The van der Waals surface area contributed by atoms with Gasteiger partial charge in [-0.15, -0.1) is 11.8 Å². The maximum absolute atomic E-state index is 10.5. The fourth-order valence-electron chi connectivity index (χ4n) is 1.93. The SMILES string of the molecule is CCc1cc(OC)c(CCCC(=O)O)cc1SC. The molecule has 0 radical (unpaired) electrons. The first-order valence-corrected chi connectivity index (χ1v) is 7.30. The van der Waals surface area contributed by atoms with Crippen LogP contribution in [0.3, 0.4) is 0 Å². The second kappa shape index (κ2) is 7.31. The van der Waals surface area contributed by atoms with Crippen LogP contribution in [0.2, 0.25) is 0 Å². The second-order valence-corrected chi connectivity index (χ2v) is 4.92. The molecule has 0 aliphatic rings. The Morgan fingerprint density at radius 2 is 2.11 bits per heavy atom. The van der Waals surface area contributed by atoms with Gasteiger partial charge in [-0.25, -0.2) is 0 Å². The topological polar surface area (TPSA) is 46.5 Å². The Bertz CT molecular complexity index is 416. The molecule has 0 aromatic heterocycles. The van der Waals surface area contributed by atoms with Crippen molar-refractivity contribution in [1.82, 2.24) is 0 Å². The van der Waals surface area contributed by atoms with Crippen molar-refractivity contribution in [3.63, 3.8) is 0 Å². The average molecular weight is 268 g/mol. The monoisotopic (exact) mass is 268 g/mol. The molecule has 0 spiro atoms. The highest BCUT2D eigenvalue weighted by Gasteiger charge is 2.09. The summed E-state index contributed by atoms with van der Waals surface area (Å²) in [6.45, 7) is 2.12. The summed E-state index contributed by atoms with van der Waals surface area (Å²) < 4.78 is 5.39. The van der Waals surface area contributed by atoms with Crippen molar-refractivity contribution < 1.29 is 14.6 Å². The maximum Gasteiger partial charge on any atom is 0.303 e. The normalized spacial score (nSPS) is 10.4. The van der Waals surface area contributed by atoms with Gasteiger partial charge in [0.25, 0.3) is 0 Å². The molecule has 4 heteroatoms. The smallest absolute Gasteiger partial charge is 0.303 e. The van der Waals surface area contributed by atoms with Crippen molar-refractivity contribution in [1.29, 1.82) is 0 Å². The van der Waals surface area contributed by atoms with Crippen molar-refractivity contribution >= 4 is 17.7 Å². The second-order valence-electron chi connectivity index (χ2n) is 4.08. The van der Waals surface area contributed by atoms with E-state index in [0.717, 1.165) is 24.2 Å². The van der Waals surface area contributed by atoms with Crippen LogP contribution in [-0.4, -0.2) is 24.4 Å². The molecule has 0 atom stereocenters. The predicted octanol–water partition coefficient (Wildman–Crippen LogP) is 3.39. The summed E-state index contributed by atoms with van der Waals surface area (Å²) >= 11 is 1.72. The average Bonchev–Trinajstić information content (AvgIpc) is 2.37. The van der Waals surface area contributed by atoms with Crippen LogP contribution >= 0.6 is 11.8 Å². The Morgan fingerprint density at radius 3 is 2.61 bits per heavy atom. The van der Waals surface area contributed by atoms with E-state index < -0.39 is 5.97 Å². The zero-order valence-corrected chi connectivity index (χ0v) is 12.0. The van der Waals surface area contributed by atoms with Crippen molar-refractivity contribution in [2.45, 2.75) is 37.5 Å². The summed E-state index contributed by atoms with van der Waals surface area (Å²) in [4.78, 5) is 11.8. The van der Waals surface area contributed by atoms with Crippen LogP contribution in [-0.2, 0) is 17.6 Å². The molecule has 0 amide bonds. The molecule has 3 nitrogen and oxygen atoms in total. The molecule has 0 aliphatic heterocycles. The molecule has 0 saturated carbocycles. The minimum Gasteiger partial charge on any atom is -0.496 e.